The summed E-state index contributed by atoms with van der Waals surface area (Å²) in [5.74, 6) is 0. The maximum Gasteiger partial charge on any atom is 0.117 e. The monoisotopic (exact) mass is 441 g/mol. The Balaban J connectivity index is 0.00000192. The fraction of sp³-hybridized carbons (Fsp3) is 0.368. The van der Waals surface area contributed by atoms with Gasteiger partial charge in [-0.3, -0.25) is 0 Å². The van der Waals surface area contributed by atoms with Crippen LogP contribution in [0.25, 0.3) is 0 Å². The molecule has 0 amide bonds. The van der Waals surface area contributed by atoms with Gasteiger partial charge in [0.25, 0.3) is 0 Å². The zero-order valence-corrected chi connectivity index (χ0v) is 16.9. The van der Waals surface area contributed by atoms with Crippen LogP contribution in [0.15, 0.2) is 58.3 Å². The van der Waals surface area contributed by atoms with Crippen molar-refractivity contribution in [2.75, 3.05) is 27.7 Å². The second-order valence-electron chi connectivity index (χ2n) is 7.07. The van der Waals surface area contributed by atoms with Gasteiger partial charge in [0.1, 0.15) is 5.60 Å². The van der Waals surface area contributed by atoms with E-state index in [0.717, 1.165) is 35.0 Å². The van der Waals surface area contributed by atoms with E-state index in [-0.39, 0.29) is 24.0 Å². The lowest BCUT2D eigenvalue weighted by Gasteiger charge is -2.37. The Morgan fingerprint density at radius 3 is 1.87 bits per heavy atom. The van der Waals surface area contributed by atoms with Crippen molar-refractivity contribution in [3.05, 3.63) is 59.7 Å². The van der Waals surface area contributed by atoms with Crippen LogP contribution in [0, 0.1) is 0 Å². The smallest absolute Gasteiger partial charge is 0.117 e. The first-order chi connectivity index (χ1) is 10.4. The van der Waals surface area contributed by atoms with Crippen molar-refractivity contribution in [1.29, 1.82) is 0 Å². The Morgan fingerprint density at radius 1 is 0.913 bits per heavy atom. The number of benzene rings is 2. The van der Waals surface area contributed by atoms with Gasteiger partial charge in [0.15, 0.2) is 0 Å². The van der Waals surface area contributed by atoms with E-state index in [1.54, 1.807) is 11.8 Å². The molecular weight excluding hydrogens is 417 g/mol. The molecule has 2 aromatic rings. The number of fused-ring (bicyclic) bond motifs is 2. The van der Waals surface area contributed by atoms with Gasteiger partial charge in [0.2, 0.25) is 0 Å². The zero-order valence-electron chi connectivity index (χ0n) is 13.9. The molecule has 1 aliphatic rings. The van der Waals surface area contributed by atoms with Gasteiger partial charge in [-0.2, -0.15) is 0 Å². The highest BCUT2D eigenvalue weighted by Crippen LogP contribution is 2.49. The highest BCUT2D eigenvalue weighted by molar-refractivity contribution is 7.99. The molecule has 0 aromatic heterocycles. The molecule has 0 bridgehead atoms. The van der Waals surface area contributed by atoms with E-state index in [2.05, 4.69) is 45.4 Å². The van der Waals surface area contributed by atoms with E-state index in [1.807, 2.05) is 24.3 Å². The summed E-state index contributed by atoms with van der Waals surface area (Å²) in [7, 11) is 6.59. The number of nitrogens with zero attached hydrogens (tertiary/aromatic N) is 1. The molecule has 0 atom stereocenters. The van der Waals surface area contributed by atoms with Crippen molar-refractivity contribution in [3.8, 4) is 0 Å². The lowest BCUT2D eigenvalue weighted by Crippen LogP contribution is -3.00. The molecule has 0 saturated carbocycles. The van der Waals surface area contributed by atoms with Crippen LogP contribution in [0.5, 0.6) is 0 Å². The molecule has 2 aromatic carbocycles. The summed E-state index contributed by atoms with van der Waals surface area (Å²) < 4.78 is 0.925. The summed E-state index contributed by atoms with van der Waals surface area (Å²) in [5, 5.41) is 11.6. The predicted molar refractivity (Wildman–Crippen MR) is 92.1 cm³/mol. The van der Waals surface area contributed by atoms with Crippen LogP contribution in [0.4, 0.5) is 0 Å². The molecule has 124 valence electrons. The second kappa shape index (κ2) is 7.13. The Hall–Kier alpha value is -0.560. The molecule has 0 spiro atoms. The summed E-state index contributed by atoms with van der Waals surface area (Å²) in [6, 6.07) is 16.5. The lowest BCUT2D eigenvalue weighted by molar-refractivity contribution is -0.870. The number of quaternary nitrogens is 1. The van der Waals surface area contributed by atoms with Crippen LogP contribution in [0.3, 0.4) is 0 Å². The standard InChI is InChI=1S/C19H24NOS.HI/c1-20(2,3)14-8-13-19(21)15-9-4-6-11-17(15)22-18-12-7-5-10-16(18)19;/h4-7,9-12,21H,8,13-14H2,1-3H3;1H/q+1;/p-1. The van der Waals surface area contributed by atoms with E-state index in [9.17, 15) is 5.11 Å². The third kappa shape index (κ3) is 3.92. The summed E-state index contributed by atoms with van der Waals surface area (Å²) in [4.78, 5) is 2.35. The van der Waals surface area contributed by atoms with E-state index in [0.29, 0.717) is 0 Å². The molecule has 1 aliphatic heterocycles. The van der Waals surface area contributed by atoms with Gasteiger partial charge < -0.3 is 33.6 Å². The van der Waals surface area contributed by atoms with Gasteiger partial charge >= 0.3 is 0 Å². The summed E-state index contributed by atoms with van der Waals surface area (Å²) in [6.07, 6.45) is 1.75. The first kappa shape index (κ1) is 18.8. The molecular formula is C19H24INOS. The van der Waals surface area contributed by atoms with Crippen LogP contribution < -0.4 is 24.0 Å². The van der Waals surface area contributed by atoms with Crippen molar-refractivity contribution >= 4 is 11.8 Å². The number of hydrogen-bond acceptors (Lipinski definition) is 2. The van der Waals surface area contributed by atoms with E-state index in [4.69, 9.17) is 0 Å². The van der Waals surface area contributed by atoms with Crippen LogP contribution in [-0.2, 0) is 5.60 Å². The molecule has 3 rings (SSSR count). The van der Waals surface area contributed by atoms with Crippen LogP contribution in [-0.4, -0.2) is 37.3 Å². The van der Waals surface area contributed by atoms with Gasteiger partial charge in [-0.25, -0.2) is 0 Å². The molecule has 4 heteroatoms. The van der Waals surface area contributed by atoms with Crippen molar-refractivity contribution < 1.29 is 33.6 Å². The second-order valence-corrected chi connectivity index (χ2v) is 8.16. The van der Waals surface area contributed by atoms with E-state index < -0.39 is 5.60 Å². The highest BCUT2D eigenvalue weighted by atomic mass is 127. The molecule has 0 radical (unpaired) electrons. The molecule has 0 unspecified atom stereocenters. The predicted octanol–water partition coefficient (Wildman–Crippen LogP) is 0.877. The summed E-state index contributed by atoms with van der Waals surface area (Å²) in [6.45, 7) is 1.06. The first-order valence-electron chi connectivity index (χ1n) is 7.80. The molecule has 0 saturated heterocycles. The molecule has 1 N–H and O–H groups in total. The van der Waals surface area contributed by atoms with Crippen molar-refractivity contribution in [2.24, 2.45) is 0 Å². The van der Waals surface area contributed by atoms with Crippen molar-refractivity contribution in [1.82, 2.24) is 0 Å². The van der Waals surface area contributed by atoms with Gasteiger partial charge in [-0.05, 0) is 25.0 Å². The maximum absolute atomic E-state index is 11.6. The maximum atomic E-state index is 11.6. The average Bonchev–Trinajstić information content (AvgIpc) is 2.46. The van der Waals surface area contributed by atoms with E-state index in [1.165, 1.54) is 9.79 Å². The van der Waals surface area contributed by atoms with Gasteiger partial charge in [0.05, 0.1) is 27.7 Å². The minimum absolute atomic E-state index is 0. The number of halogens is 1. The number of aliphatic hydroxyl groups is 1. The third-order valence-corrected chi connectivity index (χ3v) is 5.40. The summed E-state index contributed by atoms with van der Waals surface area (Å²) in [5.41, 5.74) is 1.24. The largest absolute Gasteiger partial charge is 1.00 e. The molecule has 0 aliphatic carbocycles. The number of hydrogen-bond donors (Lipinski definition) is 1. The molecule has 2 nitrogen and oxygen atoms in total. The Labute approximate surface area is 160 Å². The fourth-order valence-electron chi connectivity index (χ4n) is 3.14. The topological polar surface area (TPSA) is 20.2 Å². The zero-order chi connectivity index (χ0) is 15.8. The van der Waals surface area contributed by atoms with Crippen LogP contribution >= 0.6 is 11.8 Å². The highest BCUT2D eigenvalue weighted by Gasteiger charge is 2.38. The average molecular weight is 441 g/mol. The first-order valence-corrected chi connectivity index (χ1v) is 8.61. The molecule has 0 fully saturated rings. The third-order valence-electron chi connectivity index (χ3n) is 4.25. The normalized spacial score (nSPS) is 15.3. The Bertz CT molecular complexity index is 636. The quantitative estimate of drug-likeness (QED) is 0.562. The fourth-order valence-corrected chi connectivity index (χ4v) is 4.36. The Kier molecular flexibility index (Phi) is 5.82. The van der Waals surface area contributed by atoms with Gasteiger partial charge in [0, 0.05) is 20.9 Å². The van der Waals surface area contributed by atoms with Crippen LogP contribution in [0.1, 0.15) is 24.0 Å². The SMILES string of the molecule is C[N+](C)(C)CCCC1(O)c2ccccc2Sc2ccccc21.[I-]. The molecule has 1 heterocycles. The lowest BCUT2D eigenvalue weighted by atomic mass is 9.82. The minimum Gasteiger partial charge on any atom is -1.00 e. The van der Waals surface area contributed by atoms with Gasteiger partial charge in [-0.15, -0.1) is 0 Å². The molecule has 23 heavy (non-hydrogen) atoms. The summed E-state index contributed by atoms with van der Waals surface area (Å²) >= 11 is 1.76. The van der Waals surface area contributed by atoms with E-state index >= 15 is 0 Å². The Morgan fingerprint density at radius 2 is 1.39 bits per heavy atom. The minimum atomic E-state index is -0.867. The van der Waals surface area contributed by atoms with Crippen molar-refractivity contribution in [3.63, 3.8) is 0 Å². The van der Waals surface area contributed by atoms with Crippen LogP contribution in [0.2, 0.25) is 0 Å². The van der Waals surface area contributed by atoms with Gasteiger partial charge in [-0.1, -0.05) is 48.2 Å². The van der Waals surface area contributed by atoms with Crippen molar-refractivity contribution in [2.45, 2.75) is 28.2 Å². The number of rotatable bonds is 4.